The van der Waals surface area contributed by atoms with Crippen molar-refractivity contribution in [1.29, 1.82) is 0 Å². The van der Waals surface area contributed by atoms with Gasteiger partial charge in [-0.05, 0) is 148 Å². The van der Waals surface area contributed by atoms with Crippen molar-refractivity contribution < 1.29 is 4.42 Å². The highest BCUT2D eigenvalue weighted by atomic mass is 32.1. The Labute approximate surface area is 467 Å². The molecule has 12 aromatic carbocycles. The second-order valence-corrected chi connectivity index (χ2v) is 22.7. The Morgan fingerprint density at radius 2 is 0.938 bits per heavy atom. The summed E-state index contributed by atoms with van der Waals surface area (Å²) in [5.41, 5.74) is 21.3. The van der Waals surface area contributed by atoms with Crippen molar-refractivity contribution in [3.05, 3.63) is 284 Å². The Morgan fingerprint density at radius 1 is 0.362 bits per heavy atom. The van der Waals surface area contributed by atoms with Gasteiger partial charge in [-0.1, -0.05) is 178 Å². The van der Waals surface area contributed by atoms with Crippen molar-refractivity contribution in [3.63, 3.8) is 0 Å². The monoisotopic (exact) mass is 1040 g/mol. The number of anilines is 6. The van der Waals surface area contributed by atoms with E-state index in [4.69, 9.17) is 4.42 Å². The summed E-state index contributed by atoms with van der Waals surface area (Å²) in [6.45, 7) is 4.74. The Balaban J connectivity index is 0.987. The first kappa shape index (κ1) is 46.2. The van der Waals surface area contributed by atoms with Gasteiger partial charge in [0.2, 0.25) is 0 Å². The van der Waals surface area contributed by atoms with Gasteiger partial charge in [-0.3, -0.25) is 0 Å². The largest absolute Gasteiger partial charge is 0.456 e. The summed E-state index contributed by atoms with van der Waals surface area (Å²) < 4.78 is 11.5. The van der Waals surface area contributed by atoms with E-state index in [0.717, 1.165) is 72.8 Å². The lowest BCUT2D eigenvalue weighted by Gasteiger charge is -2.31. The molecule has 16 rings (SSSR count). The van der Waals surface area contributed by atoms with Gasteiger partial charge in [-0.25, -0.2) is 0 Å². The average molecular weight is 1040 g/mol. The fraction of sp³-hybridized carbons (Fsp3) is 0.0400. The normalized spacial score (nSPS) is 12.7. The molecular weight excluding hydrogens is 991 g/mol. The molecule has 3 aromatic heterocycles. The third-order valence-electron chi connectivity index (χ3n) is 16.7. The van der Waals surface area contributed by atoms with Crippen molar-refractivity contribution in [2.24, 2.45) is 0 Å². The minimum absolute atomic E-state index is 0.189. The van der Waals surface area contributed by atoms with Crippen molar-refractivity contribution in [2.75, 3.05) is 9.80 Å². The topological polar surface area (TPSA) is 24.6 Å². The van der Waals surface area contributed by atoms with Crippen LogP contribution in [0.5, 0.6) is 0 Å². The molecule has 80 heavy (non-hydrogen) atoms. The lowest BCUT2D eigenvalue weighted by Crippen LogP contribution is -2.17. The SMILES string of the molecule is CC1(C)c2ccccc2-c2ccc(N(c3ccccc3)c3cc(-c4cc5c6ccccc6n(-c6ccc7c(c6)oc6ccccc67)c5c5sc6ccccc6c45)cc(N(c4ccccc4)c4ccc(-c5ccccc5)cc4)c3)cc21. The van der Waals surface area contributed by atoms with Crippen molar-refractivity contribution in [1.82, 2.24) is 4.57 Å². The van der Waals surface area contributed by atoms with E-state index in [1.54, 1.807) is 0 Å². The molecule has 0 saturated carbocycles. The number of fused-ring (bicyclic) bond motifs is 13. The maximum absolute atomic E-state index is 6.57. The number of nitrogens with zero attached hydrogens (tertiary/aromatic N) is 3. The van der Waals surface area contributed by atoms with Crippen LogP contribution in [0.15, 0.2) is 277 Å². The molecule has 15 aromatic rings. The molecule has 3 heterocycles. The third-order valence-corrected chi connectivity index (χ3v) is 17.9. The number of aromatic nitrogens is 1. The molecule has 0 spiro atoms. The highest BCUT2D eigenvalue weighted by molar-refractivity contribution is 7.26. The van der Waals surface area contributed by atoms with E-state index < -0.39 is 0 Å². The first-order chi connectivity index (χ1) is 39.4. The van der Waals surface area contributed by atoms with Crippen LogP contribution in [-0.2, 0) is 5.41 Å². The highest BCUT2D eigenvalue weighted by Crippen LogP contribution is 2.53. The summed E-state index contributed by atoms with van der Waals surface area (Å²) in [7, 11) is 0. The van der Waals surface area contributed by atoms with Crippen LogP contribution < -0.4 is 9.80 Å². The Kier molecular flexibility index (Phi) is 10.4. The molecule has 1 aliphatic rings. The smallest absolute Gasteiger partial charge is 0.137 e. The quantitative estimate of drug-likeness (QED) is 0.144. The van der Waals surface area contributed by atoms with Gasteiger partial charge < -0.3 is 18.8 Å². The van der Waals surface area contributed by atoms with Crippen molar-refractivity contribution in [3.8, 4) is 39.1 Å². The first-order valence-electron chi connectivity index (χ1n) is 27.5. The molecule has 0 fully saturated rings. The van der Waals surface area contributed by atoms with Gasteiger partial charge in [-0.2, -0.15) is 0 Å². The molecule has 0 unspecified atom stereocenters. The summed E-state index contributed by atoms with van der Waals surface area (Å²) in [6, 6.07) is 100. The van der Waals surface area contributed by atoms with Crippen LogP contribution in [0.3, 0.4) is 0 Å². The molecule has 0 saturated heterocycles. The van der Waals surface area contributed by atoms with E-state index in [9.17, 15) is 0 Å². The van der Waals surface area contributed by atoms with Gasteiger partial charge in [0.1, 0.15) is 11.2 Å². The van der Waals surface area contributed by atoms with E-state index in [2.05, 4.69) is 295 Å². The summed E-state index contributed by atoms with van der Waals surface area (Å²) in [4.78, 5) is 4.89. The Hall–Kier alpha value is -9.94. The second-order valence-electron chi connectivity index (χ2n) is 21.6. The summed E-state index contributed by atoms with van der Waals surface area (Å²) in [5.74, 6) is 0. The maximum atomic E-state index is 6.57. The molecule has 0 atom stereocenters. The molecule has 0 radical (unpaired) electrons. The number of benzene rings is 12. The van der Waals surface area contributed by atoms with Gasteiger partial charge in [0.25, 0.3) is 0 Å². The van der Waals surface area contributed by atoms with E-state index in [0.29, 0.717) is 0 Å². The second kappa shape index (κ2) is 18.1. The van der Waals surface area contributed by atoms with Crippen LogP contribution in [0.25, 0.3) is 103 Å². The Morgan fingerprint density at radius 3 is 1.70 bits per heavy atom. The van der Waals surface area contributed by atoms with Crippen LogP contribution in [0.4, 0.5) is 34.1 Å². The zero-order valence-electron chi connectivity index (χ0n) is 44.1. The van der Waals surface area contributed by atoms with Crippen LogP contribution >= 0.6 is 11.3 Å². The van der Waals surface area contributed by atoms with Crippen molar-refractivity contribution >= 4 is 109 Å². The number of thiophene rings is 1. The fourth-order valence-electron chi connectivity index (χ4n) is 13.0. The number of hydrogen-bond donors (Lipinski definition) is 0. The van der Waals surface area contributed by atoms with Gasteiger partial charge >= 0.3 is 0 Å². The van der Waals surface area contributed by atoms with Crippen LogP contribution in [0.2, 0.25) is 0 Å². The first-order valence-corrected chi connectivity index (χ1v) is 28.3. The molecular formula is C75H51N3OS. The summed E-state index contributed by atoms with van der Waals surface area (Å²) in [6.07, 6.45) is 0. The molecule has 0 bridgehead atoms. The van der Waals surface area contributed by atoms with Gasteiger partial charge in [0, 0.05) is 88.3 Å². The number of furan rings is 1. The predicted octanol–water partition coefficient (Wildman–Crippen LogP) is 21.6. The van der Waals surface area contributed by atoms with E-state index >= 15 is 0 Å². The lowest BCUT2D eigenvalue weighted by atomic mass is 9.82. The molecule has 1 aliphatic carbocycles. The van der Waals surface area contributed by atoms with Crippen LogP contribution in [-0.4, -0.2) is 4.57 Å². The molecule has 0 amide bonds. The molecule has 0 aliphatic heterocycles. The zero-order chi connectivity index (χ0) is 53.1. The van der Waals surface area contributed by atoms with Crippen LogP contribution in [0, 0.1) is 0 Å². The van der Waals surface area contributed by atoms with E-state index in [-0.39, 0.29) is 5.41 Å². The molecule has 0 N–H and O–H groups in total. The standard InChI is InChI=1S/C75H51N3OS/c1-75(2)66-30-16-12-26-58(66)59-40-38-54(45-67(59)75)77(52-24-10-5-11-25-52)57-43-50(42-56(44-57)76(51-22-8-4-9-23-51)53-36-34-49(35-37-53)48-20-6-3-7-21-48)64-47-65-60-27-13-17-31-68(60)78(73(65)74-72(64)63-29-15-19-33-71(63)80-74)55-39-41-62-61-28-14-18-32-69(61)79-70(62)46-55/h3-47H,1-2H3. The Bertz CT molecular complexity index is 4920. The fourth-order valence-corrected chi connectivity index (χ4v) is 14.3. The van der Waals surface area contributed by atoms with Crippen LogP contribution in [0.1, 0.15) is 25.0 Å². The number of para-hydroxylation sites is 4. The predicted molar refractivity (Wildman–Crippen MR) is 339 cm³/mol. The molecule has 378 valence electrons. The molecule has 5 heteroatoms. The van der Waals surface area contributed by atoms with E-state index in [1.807, 2.05) is 17.4 Å². The third kappa shape index (κ3) is 7.21. The van der Waals surface area contributed by atoms with Gasteiger partial charge in [0.15, 0.2) is 0 Å². The van der Waals surface area contributed by atoms with Gasteiger partial charge in [0.05, 0.1) is 15.7 Å². The number of rotatable bonds is 9. The zero-order valence-corrected chi connectivity index (χ0v) is 45.0. The summed E-state index contributed by atoms with van der Waals surface area (Å²) in [5, 5.41) is 7.10. The van der Waals surface area contributed by atoms with Gasteiger partial charge in [-0.15, -0.1) is 11.3 Å². The van der Waals surface area contributed by atoms with E-state index in [1.165, 1.54) is 75.4 Å². The van der Waals surface area contributed by atoms with Crippen molar-refractivity contribution in [2.45, 2.75) is 19.3 Å². The number of hydrogen-bond acceptors (Lipinski definition) is 4. The average Bonchev–Trinajstić information content (AvgIpc) is 4.32. The summed E-state index contributed by atoms with van der Waals surface area (Å²) >= 11 is 1.88. The lowest BCUT2D eigenvalue weighted by molar-refractivity contribution is 0.660. The molecule has 4 nitrogen and oxygen atoms in total. The minimum Gasteiger partial charge on any atom is -0.456 e. The highest BCUT2D eigenvalue weighted by Gasteiger charge is 2.36. The maximum Gasteiger partial charge on any atom is 0.137 e. The minimum atomic E-state index is -0.189.